The van der Waals surface area contributed by atoms with Crippen molar-refractivity contribution in [2.45, 2.75) is 11.0 Å². The number of alkyl halides is 6. The Labute approximate surface area is 160 Å². The zero-order valence-corrected chi connectivity index (χ0v) is 16.0. The Kier molecular flexibility index (Phi) is 5.47. The first-order valence-corrected chi connectivity index (χ1v) is 10.0. The van der Waals surface area contributed by atoms with Gasteiger partial charge in [-0.05, 0) is 34.7 Å². The fraction of sp³-hybridized carbons (Fsp3) is 0.182. The molecule has 0 bridgehead atoms. The van der Waals surface area contributed by atoms with Crippen molar-refractivity contribution in [1.29, 1.82) is 0 Å². The third-order valence-electron chi connectivity index (χ3n) is 2.72. The molecule has 0 aliphatic rings. The lowest BCUT2D eigenvalue weighted by Gasteiger charge is -2.16. The van der Waals surface area contributed by atoms with Crippen molar-refractivity contribution in [3.63, 3.8) is 0 Å². The van der Waals surface area contributed by atoms with E-state index in [2.05, 4.69) is 13.4 Å². The van der Waals surface area contributed by atoms with Crippen molar-refractivity contribution in [2.75, 3.05) is 0 Å². The number of hydrogen-bond acceptors (Lipinski definition) is 7. The van der Waals surface area contributed by atoms with E-state index in [4.69, 9.17) is 0 Å². The van der Waals surface area contributed by atoms with Crippen molar-refractivity contribution >= 4 is 53.7 Å². The lowest BCUT2D eigenvalue weighted by atomic mass is 10.2. The second-order valence-corrected chi connectivity index (χ2v) is 8.71. The van der Waals surface area contributed by atoms with Crippen LogP contribution >= 0.6 is 22.6 Å². The molecule has 0 saturated carbocycles. The van der Waals surface area contributed by atoms with Gasteiger partial charge in [0.2, 0.25) is 0 Å². The molecular formula is C11H4F6INO6S2. The largest absolute Gasteiger partial charge is 0.534 e. The molecule has 0 atom stereocenters. The maximum atomic E-state index is 12.6. The van der Waals surface area contributed by atoms with E-state index >= 15 is 0 Å². The summed E-state index contributed by atoms with van der Waals surface area (Å²) in [7, 11) is -12.4. The SMILES string of the molecule is O=S(=O)(Oc1cc2cccnc2c(OS(=O)(=O)C(F)(F)F)c1I)C(F)(F)F. The normalized spacial score (nSPS) is 13.6. The van der Waals surface area contributed by atoms with Gasteiger partial charge in [0.15, 0.2) is 11.5 Å². The molecule has 0 aliphatic heterocycles. The summed E-state index contributed by atoms with van der Waals surface area (Å²) in [6.45, 7) is 0. The molecule has 2 aromatic rings. The molecule has 7 nitrogen and oxygen atoms in total. The van der Waals surface area contributed by atoms with Crippen LogP contribution in [0.2, 0.25) is 0 Å². The molecule has 0 saturated heterocycles. The van der Waals surface area contributed by atoms with E-state index in [1.807, 2.05) is 0 Å². The van der Waals surface area contributed by atoms with Crippen LogP contribution in [-0.2, 0) is 20.2 Å². The molecule has 2 rings (SSSR count). The van der Waals surface area contributed by atoms with Crippen molar-refractivity contribution < 1.29 is 51.5 Å². The Balaban J connectivity index is 2.72. The second kappa shape index (κ2) is 6.80. The van der Waals surface area contributed by atoms with E-state index in [1.54, 1.807) is 0 Å². The Morgan fingerprint density at radius 2 is 1.44 bits per heavy atom. The molecule has 1 aromatic heterocycles. The first kappa shape index (κ1) is 21.7. The number of halogens is 7. The lowest BCUT2D eigenvalue weighted by molar-refractivity contribution is -0.0502. The van der Waals surface area contributed by atoms with Crippen LogP contribution in [0.1, 0.15) is 0 Å². The highest BCUT2D eigenvalue weighted by atomic mass is 127. The minimum Gasteiger partial charge on any atom is -0.375 e. The fourth-order valence-corrected chi connectivity index (χ4v) is 3.47. The minimum atomic E-state index is -6.23. The van der Waals surface area contributed by atoms with E-state index < -0.39 is 51.8 Å². The summed E-state index contributed by atoms with van der Waals surface area (Å²) in [4.78, 5) is 3.61. The Hall–Kier alpha value is -1.56. The Bertz CT molecular complexity index is 1100. The van der Waals surface area contributed by atoms with E-state index in [0.29, 0.717) is 0 Å². The minimum absolute atomic E-state index is 0.238. The maximum absolute atomic E-state index is 12.6. The van der Waals surface area contributed by atoms with Gasteiger partial charge < -0.3 is 8.37 Å². The molecule has 16 heteroatoms. The van der Waals surface area contributed by atoms with Gasteiger partial charge in [-0.25, -0.2) is 0 Å². The van der Waals surface area contributed by atoms with Gasteiger partial charge in [0.05, 0.1) is 0 Å². The first-order valence-electron chi connectivity index (χ1n) is 6.15. The van der Waals surface area contributed by atoms with Crippen LogP contribution < -0.4 is 8.37 Å². The van der Waals surface area contributed by atoms with Crippen LogP contribution in [-0.4, -0.2) is 32.8 Å². The number of benzene rings is 1. The van der Waals surface area contributed by atoms with Gasteiger partial charge in [0, 0.05) is 11.6 Å². The average molecular weight is 551 g/mol. The first-order chi connectivity index (χ1) is 12.1. The summed E-state index contributed by atoms with van der Waals surface area (Å²) in [5, 5.41) is -0.238. The van der Waals surface area contributed by atoms with Crippen molar-refractivity contribution in [1.82, 2.24) is 4.98 Å². The Morgan fingerprint density at radius 3 is 1.96 bits per heavy atom. The van der Waals surface area contributed by atoms with Crippen molar-refractivity contribution in [2.24, 2.45) is 0 Å². The highest BCUT2D eigenvalue weighted by molar-refractivity contribution is 14.1. The number of nitrogens with zero attached hydrogens (tertiary/aromatic N) is 1. The molecule has 0 radical (unpaired) electrons. The van der Waals surface area contributed by atoms with Gasteiger partial charge in [-0.2, -0.15) is 43.2 Å². The number of rotatable bonds is 4. The molecule has 0 N–H and O–H groups in total. The topological polar surface area (TPSA) is 99.6 Å². The summed E-state index contributed by atoms with van der Waals surface area (Å²) in [6.07, 6.45) is 1.04. The average Bonchev–Trinajstić information content (AvgIpc) is 2.48. The third kappa shape index (κ3) is 4.31. The summed E-state index contributed by atoms with van der Waals surface area (Å²) in [5.74, 6) is -2.24. The smallest absolute Gasteiger partial charge is 0.375 e. The molecule has 0 aliphatic carbocycles. The molecule has 0 unspecified atom stereocenters. The summed E-state index contributed by atoms with van der Waals surface area (Å²) in [5.41, 5.74) is -12.2. The zero-order chi connectivity index (χ0) is 20.8. The summed E-state index contributed by atoms with van der Waals surface area (Å²) < 4.78 is 127. The standard InChI is InChI=1S/C11H4F6INO6S2/c12-10(13,14)26(20,21)24-6-4-5-2-1-3-19-8(5)9(7(6)18)25-27(22,23)11(15,16)17/h1-4H. The second-order valence-electron chi connectivity index (χ2n) is 4.56. The summed E-state index contributed by atoms with van der Waals surface area (Å²) >= 11 is 1.07. The highest BCUT2D eigenvalue weighted by Gasteiger charge is 2.50. The summed E-state index contributed by atoms with van der Waals surface area (Å²) in [6, 6.07) is 3.04. The predicted molar refractivity (Wildman–Crippen MR) is 85.7 cm³/mol. The van der Waals surface area contributed by atoms with Gasteiger partial charge >= 0.3 is 31.3 Å². The maximum Gasteiger partial charge on any atom is 0.534 e. The van der Waals surface area contributed by atoms with Gasteiger partial charge in [-0.3, -0.25) is 4.98 Å². The molecule has 1 aromatic carbocycles. The van der Waals surface area contributed by atoms with Crippen molar-refractivity contribution in [3.05, 3.63) is 28.0 Å². The molecule has 0 spiro atoms. The molecule has 150 valence electrons. The van der Waals surface area contributed by atoms with Crippen LogP contribution in [0.4, 0.5) is 26.3 Å². The van der Waals surface area contributed by atoms with Gasteiger partial charge in [-0.1, -0.05) is 6.07 Å². The quantitative estimate of drug-likeness (QED) is 0.249. The number of fused-ring (bicyclic) bond motifs is 1. The van der Waals surface area contributed by atoms with E-state index in [-0.39, 0.29) is 5.39 Å². The number of pyridine rings is 1. The fourth-order valence-electron chi connectivity index (χ4n) is 1.60. The molecular weight excluding hydrogens is 547 g/mol. The van der Waals surface area contributed by atoms with Crippen molar-refractivity contribution in [3.8, 4) is 11.5 Å². The molecule has 0 fully saturated rings. The third-order valence-corrected chi connectivity index (χ3v) is 5.66. The van der Waals surface area contributed by atoms with Gasteiger partial charge in [-0.15, -0.1) is 0 Å². The number of aromatic nitrogens is 1. The van der Waals surface area contributed by atoms with Crippen LogP contribution in [0.5, 0.6) is 11.5 Å². The highest BCUT2D eigenvalue weighted by Crippen LogP contribution is 2.41. The van der Waals surface area contributed by atoms with Crippen LogP contribution in [0, 0.1) is 3.57 Å². The number of hydrogen-bond donors (Lipinski definition) is 0. The Morgan fingerprint density at radius 1 is 0.926 bits per heavy atom. The monoisotopic (exact) mass is 551 g/mol. The molecule has 0 amide bonds. The molecule has 1 heterocycles. The zero-order valence-electron chi connectivity index (χ0n) is 12.2. The van der Waals surface area contributed by atoms with Crippen LogP contribution in [0.3, 0.4) is 0 Å². The van der Waals surface area contributed by atoms with Crippen LogP contribution in [0.15, 0.2) is 24.4 Å². The van der Waals surface area contributed by atoms with E-state index in [1.165, 1.54) is 6.07 Å². The molecule has 27 heavy (non-hydrogen) atoms. The lowest BCUT2D eigenvalue weighted by Crippen LogP contribution is -2.29. The predicted octanol–water partition coefficient (Wildman–Crippen LogP) is 3.30. The van der Waals surface area contributed by atoms with Crippen LogP contribution in [0.25, 0.3) is 10.9 Å². The van der Waals surface area contributed by atoms with Gasteiger partial charge in [0.1, 0.15) is 9.09 Å². The van der Waals surface area contributed by atoms with Gasteiger partial charge in [0.25, 0.3) is 0 Å². The van der Waals surface area contributed by atoms with E-state index in [0.717, 1.165) is 40.9 Å². The van der Waals surface area contributed by atoms with E-state index in [9.17, 15) is 43.2 Å².